The molecule has 0 aliphatic rings. The number of hydrogen-bond donors (Lipinski definition) is 2. The van der Waals surface area contributed by atoms with Crippen molar-refractivity contribution in [3.63, 3.8) is 0 Å². The van der Waals surface area contributed by atoms with Crippen LogP contribution >= 0.6 is 11.6 Å². The zero-order valence-electron chi connectivity index (χ0n) is 11.4. The summed E-state index contributed by atoms with van der Waals surface area (Å²) in [5.41, 5.74) is 1.51. The second-order valence-corrected chi connectivity index (χ2v) is 5.14. The summed E-state index contributed by atoms with van der Waals surface area (Å²) in [5, 5.41) is 12.9. The predicted molar refractivity (Wildman–Crippen MR) is 79.9 cm³/mol. The van der Waals surface area contributed by atoms with Gasteiger partial charge in [0, 0.05) is 11.6 Å². The van der Waals surface area contributed by atoms with Crippen LogP contribution in [-0.4, -0.2) is 17.6 Å². The molecule has 0 fully saturated rings. The van der Waals surface area contributed by atoms with Crippen LogP contribution in [0, 0.1) is 12.7 Å². The molecule has 110 valence electrons. The van der Waals surface area contributed by atoms with Crippen LogP contribution in [0.2, 0.25) is 5.02 Å². The third-order valence-corrected chi connectivity index (χ3v) is 3.41. The molecule has 2 N–H and O–H groups in total. The first-order valence-corrected chi connectivity index (χ1v) is 6.83. The van der Waals surface area contributed by atoms with Crippen LogP contribution in [0.5, 0.6) is 0 Å². The SMILES string of the molecule is Cc1ccccc1C(O)CNC(=O)c1cc(Cl)ccc1F. The normalized spacial score (nSPS) is 12.0. The van der Waals surface area contributed by atoms with Crippen LogP contribution in [0.4, 0.5) is 4.39 Å². The lowest BCUT2D eigenvalue weighted by Crippen LogP contribution is -2.29. The molecule has 0 saturated heterocycles. The van der Waals surface area contributed by atoms with E-state index in [0.717, 1.165) is 17.2 Å². The lowest BCUT2D eigenvalue weighted by Gasteiger charge is -2.14. The third kappa shape index (κ3) is 3.80. The van der Waals surface area contributed by atoms with E-state index < -0.39 is 17.8 Å². The first-order chi connectivity index (χ1) is 9.99. The molecular weight excluding hydrogens is 293 g/mol. The quantitative estimate of drug-likeness (QED) is 0.911. The van der Waals surface area contributed by atoms with Crippen molar-refractivity contribution in [1.29, 1.82) is 0 Å². The molecule has 2 aromatic rings. The second kappa shape index (κ2) is 6.70. The molecular formula is C16H15ClFNO2. The number of amides is 1. The summed E-state index contributed by atoms with van der Waals surface area (Å²) >= 11 is 5.74. The van der Waals surface area contributed by atoms with E-state index in [-0.39, 0.29) is 17.1 Å². The zero-order valence-corrected chi connectivity index (χ0v) is 12.2. The van der Waals surface area contributed by atoms with Gasteiger partial charge in [-0.25, -0.2) is 4.39 Å². The Labute approximate surface area is 127 Å². The molecule has 0 radical (unpaired) electrons. The van der Waals surface area contributed by atoms with Crippen molar-refractivity contribution in [2.75, 3.05) is 6.54 Å². The van der Waals surface area contributed by atoms with Crippen molar-refractivity contribution >= 4 is 17.5 Å². The van der Waals surface area contributed by atoms with Crippen molar-refractivity contribution in [3.8, 4) is 0 Å². The van der Waals surface area contributed by atoms with Gasteiger partial charge >= 0.3 is 0 Å². The number of benzene rings is 2. The minimum absolute atomic E-state index is 0.00433. The van der Waals surface area contributed by atoms with Crippen molar-refractivity contribution in [2.24, 2.45) is 0 Å². The molecule has 0 aromatic heterocycles. The highest BCUT2D eigenvalue weighted by molar-refractivity contribution is 6.31. The molecule has 5 heteroatoms. The topological polar surface area (TPSA) is 49.3 Å². The van der Waals surface area contributed by atoms with E-state index in [1.54, 1.807) is 6.07 Å². The molecule has 21 heavy (non-hydrogen) atoms. The maximum Gasteiger partial charge on any atom is 0.254 e. The summed E-state index contributed by atoms with van der Waals surface area (Å²) < 4.78 is 13.5. The number of aliphatic hydroxyl groups is 1. The van der Waals surface area contributed by atoms with E-state index in [4.69, 9.17) is 11.6 Å². The van der Waals surface area contributed by atoms with Gasteiger partial charge in [0.05, 0.1) is 11.7 Å². The molecule has 0 bridgehead atoms. The van der Waals surface area contributed by atoms with Gasteiger partial charge in [0.1, 0.15) is 5.82 Å². The monoisotopic (exact) mass is 307 g/mol. The van der Waals surface area contributed by atoms with Gasteiger partial charge in [0.15, 0.2) is 0 Å². The number of aliphatic hydroxyl groups excluding tert-OH is 1. The lowest BCUT2D eigenvalue weighted by atomic mass is 10.0. The number of aryl methyl sites for hydroxylation is 1. The Kier molecular flexibility index (Phi) is 4.94. The van der Waals surface area contributed by atoms with E-state index in [1.165, 1.54) is 12.1 Å². The summed E-state index contributed by atoms with van der Waals surface area (Å²) in [5.74, 6) is -1.26. The van der Waals surface area contributed by atoms with E-state index in [9.17, 15) is 14.3 Å². The maximum absolute atomic E-state index is 13.5. The Balaban J connectivity index is 2.04. The number of nitrogens with one attached hydrogen (secondary N) is 1. The summed E-state index contributed by atoms with van der Waals surface area (Å²) in [6.45, 7) is 1.87. The first-order valence-electron chi connectivity index (χ1n) is 6.46. The van der Waals surface area contributed by atoms with Gasteiger partial charge in [-0.15, -0.1) is 0 Å². The third-order valence-electron chi connectivity index (χ3n) is 3.18. The van der Waals surface area contributed by atoms with Crippen LogP contribution < -0.4 is 5.32 Å². The van der Waals surface area contributed by atoms with Gasteiger partial charge in [0.2, 0.25) is 0 Å². The highest BCUT2D eigenvalue weighted by atomic mass is 35.5. The van der Waals surface area contributed by atoms with Crippen LogP contribution in [-0.2, 0) is 0 Å². The van der Waals surface area contributed by atoms with Crippen molar-refractivity contribution in [1.82, 2.24) is 5.32 Å². The summed E-state index contributed by atoms with van der Waals surface area (Å²) in [6, 6.07) is 11.1. The lowest BCUT2D eigenvalue weighted by molar-refractivity contribution is 0.0912. The summed E-state index contributed by atoms with van der Waals surface area (Å²) in [6.07, 6.45) is -0.850. The number of hydrogen-bond acceptors (Lipinski definition) is 2. The fourth-order valence-corrected chi connectivity index (χ4v) is 2.20. The Morgan fingerprint density at radius 1 is 1.33 bits per heavy atom. The largest absolute Gasteiger partial charge is 0.387 e. The predicted octanol–water partition coefficient (Wildman–Crippen LogP) is 3.25. The van der Waals surface area contributed by atoms with Gasteiger partial charge in [-0.3, -0.25) is 4.79 Å². The first kappa shape index (κ1) is 15.5. The van der Waals surface area contributed by atoms with Crippen LogP contribution in [0.1, 0.15) is 27.6 Å². The fraction of sp³-hybridized carbons (Fsp3) is 0.188. The highest BCUT2D eigenvalue weighted by Crippen LogP contribution is 2.17. The molecule has 3 nitrogen and oxygen atoms in total. The number of carbonyl (C=O) groups is 1. The van der Waals surface area contributed by atoms with Crippen molar-refractivity contribution in [3.05, 3.63) is 70.0 Å². The molecule has 0 aliphatic heterocycles. The van der Waals surface area contributed by atoms with Gasteiger partial charge in [-0.05, 0) is 36.2 Å². The van der Waals surface area contributed by atoms with E-state index in [0.29, 0.717) is 0 Å². The molecule has 2 rings (SSSR count). The fourth-order valence-electron chi connectivity index (χ4n) is 2.03. The smallest absolute Gasteiger partial charge is 0.254 e. The standard InChI is InChI=1S/C16H15ClFNO2/c1-10-4-2-3-5-12(10)15(20)9-19-16(21)13-8-11(17)6-7-14(13)18/h2-8,15,20H,9H2,1H3,(H,19,21). The van der Waals surface area contributed by atoms with Gasteiger partial charge < -0.3 is 10.4 Å². The molecule has 0 saturated carbocycles. The minimum Gasteiger partial charge on any atom is -0.387 e. The maximum atomic E-state index is 13.5. The molecule has 1 amide bonds. The Bertz CT molecular complexity index is 660. The van der Waals surface area contributed by atoms with E-state index >= 15 is 0 Å². The molecule has 2 aromatic carbocycles. The minimum atomic E-state index is -0.850. The molecule has 0 heterocycles. The van der Waals surface area contributed by atoms with Crippen LogP contribution in [0.15, 0.2) is 42.5 Å². The average Bonchev–Trinajstić information content (AvgIpc) is 2.47. The molecule has 0 spiro atoms. The van der Waals surface area contributed by atoms with Crippen molar-refractivity contribution < 1.29 is 14.3 Å². The molecule has 0 aliphatic carbocycles. The molecule has 1 atom stereocenters. The number of halogens is 2. The number of carbonyl (C=O) groups excluding carboxylic acids is 1. The zero-order chi connectivity index (χ0) is 15.4. The highest BCUT2D eigenvalue weighted by Gasteiger charge is 2.15. The Hall–Kier alpha value is -1.91. The van der Waals surface area contributed by atoms with Gasteiger partial charge in [-0.1, -0.05) is 35.9 Å². The Morgan fingerprint density at radius 3 is 2.76 bits per heavy atom. The molecule has 1 unspecified atom stereocenters. The number of rotatable bonds is 4. The van der Waals surface area contributed by atoms with Crippen LogP contribution in [0.25, 0.3) is 0 Å². The van der Waals surface area contributed by atoms with Crippen LogP contribution in [0.3, 0.4) is 0 Å². The van der Waals surface area contributed by atoms with Gasteiger partial charge in [0.25, 0.3) is 5.91 Å². The Morgan fingerprint density at radius 2 is 2.05 bits per heavy atom. The summed E-state index contributed by atoms with van der Waals surface area (Å²) in [7, 11) is 0. The summed E-state index contributed by atoms with van der Waals surface area (Å²) in [4.78, 5) is 11.9. The van der Waals surface area contributed by atoms with Crippen molar-refractivity contribution in [2.45, 2.75) is 13.0 Å². The van der Waals surface area contributed by atoms with Gasteiger partial charge in [-0.2, -0.15) is 0 Å². The van der Waals surface area contributed by atoms with E-state index in [2.05, 4.69) is 5.32 Å². The van der Waals surface area contributed by atoms with E-state index in [1.807, 2.05) is 25.1 Å². The average molecular weight is 308 g/mol. The second-order valence-electron chi connectivity index (χ2n) is 4.71.